The average molecular weight is 487 g/mol. The van der Waals surface area contributed by atoms with Crippen LogP contribution < -0.4 is 4.74 Å². The van der Waals surface area contributed by atoms with Gasteiger partial charge < -0.3 is 14.2 Å². The van der Waals surface area contributed by atoms with E-state index in [1.807, 2.05) is 13.0 Å². The maximum atomic E-state index is 15.0. The second-order valence-corrected chi connectivity index (χ2v) is 8.36. The molecule has 0 bridgehead atoms. The quantitative estimate of drug-likeness (QED) is 0.254. The highest BCUT2D eigenvalue weighted by Gasteiger charge is 2.28. The van der Waals surface area contributed by atoms with E-state index in [1.54, 1.807) is 0 Å². The molecule has 1 saturated heterocycles. The van der Waals surface area contributed by atoms with Crippen molar-refractivity contribution in [1.29, 1.82) is 0 Å². The van der Waals surface area contributed by atoms with Crippen LogP contribution in [0.5, 0.6) is 5.75 Å². The summed E-state index contributed by atoms with van der Waals surface area (Å²) >= 11 is 0. The molecule has 1 heterocycles. The zero-order chi connectivity index (χ0) is 24.9. The Bertz CT molecular complexity index is 1200. The predicted molar refractivity (Wildman–Crippen MR) is 126 cm³/mol. The van der Waals surface area contributed by atoms with Crippen LogP contribution in [0.15, 0.2) is 60.7 Å². The molecule has 3 aromatic rings. The van der Waals surface area contributed by atoms with Crippen LogP contribution in [-0.2, 0) is 9.47 Å². The molecule has 0 saturated carbocycles. The number of rotatable bonds is 7. The van der Waals surface area contributed by atoms with Crippen molar-refractivity contribution >= 4 is 0 Å². The first-order valence-corrected chi connectivity index (χ1v) is 11.4. The fraction of sp³-hybridized carbons (Fsp3) is 0.286. The molecule has 0 spiro atoms. The van der Waals surface area contributed by atoms with Crippen molar-refractivity contribution in [2.24, 2.45) is 5.92 Å². The molecule has 4 rings (SSSR count). The van der Waals surface area contributed by atoms with Crippen molar-refractivity contribution in [3.63, 3.8) is 0 Å². The molecule has 3 aromatic carbocycles. The van der Waals surface area contributed by atoms with E-state index >= 15 is 0 Å². The highest BCUT2D eigenvalue weighted by Crippen LogP contribution is 2.35. The van der Waals surface area contributed by atoms with E-state index in [0.717, 1.165) is 12.8 Å². The number of benzene rings is 3. The third-order valence-corrected chi connectivity index (χ3v) is 6.08. The van der Waals surface area contributed by atoms with E-state index in [9.17, 15) is 17.6 Å². The Morgan fingerprint density at radius 3 is 1.94 bits per heavy atom. The average Bonchev–Trinajstić information content (AvgIpc) is 2.88. The van der Waals surface area contributed by atoms with Crippen molar-refractivity contribution in [1.82, 2.24) is 0 Å². The zero-order valence-corrected chi connectivity index (χ0v) is 19.5. The molecule has 0 N–H and O–H groups in total. The highest BCUT2D eigenvalue weighted by atomic mass is 19.2. The minimum Gasteiger partial charge on any atom is -0.494 e. The third kappa shape index (κ3) is 5.26. The monoisotopic (exact) mass is 486 g/mol. The van der Waals surface area contributed by atoms with Gasteiger partial charge in [-0.1, -0.05) is 48.6 Å². The number of hydrogen-bond acceptors (Lipinski definition) is 3. The lowest BCUT2D eigenvalue weighted by Gasteiger charge is -2.29. The summed E-state index contributed by atoms with van der Waals surface area (Å²) in [6.07, 6.45) is 4.90. The minimum absolute atomic E-state index is 0.00514. The fourth-order valence-corrected chi connectivity index (χ4v) is 4.10. The van der Waals surface area contributed by atoms with Crippen LogP contribution in [0.3, 0.4) is 0 Å². The van der Waals surface area contributed by atoms with Gasteiger partial charge in [-0.15, -0.1) is 0 Å². The Kier molecular flexibility index (Phi) is 7.88. The molecule has 0 atom stereocenters. The summed E-state index contributed by atoms with van der Waals surface area (Å²) in [7, 11) is 1.25. The second-order valence-electron chi connectivity index (χ2n) is 8.36. The summed E-state index contributed by atoms with van der Waals surface area (Å²) in [5.74, 6) is -4.19. The molecule has 0 aliphatic carbocycles. The lowest BCUT2D eigenvalue weighted by atomic mass is 9.98. The maximum Gasteiger partial charge on any atom is 0.201 e. The molecular weight excluding hydrogens is 460 g/mol. The molecule has 7 heteroatoms. The van der Waals surface area contributed by atoms with Crippen molar-refractivity contribution in [3.05, 3.63) is 89.5 Å². The molecular formula is C28H26F4O3. The minimum atomic E-state index is -1.09. The smallest absolute Gasteiger partial charge is 0.201 e. The highest BCUT2D eigenvalue weighted by molar-refractivity contribution is 5.71. The van der Waals surface area contributed by atoms with E-state index in [-0.39, 0.29) is 28.4 Å². The first-order chi connectivity index (χ1) is 16.9. The summed E-state index contributed by atoms with van der Waals surface area (Å²) in [5, 5.41) is 0. The number of ether oxygens (including phenoxy) is 3. The Morgan fingerprint density at radius 1 is 0.800 bits per heavy atom. The number of halogens is 4. The van der Waals surface area contributed by atoms with Crippen molar-refractivity contribution in [3.8, 4) is 28.0 Å². The van der Waals surface area contributed by atoms with Crippen LogP contribution >= 0.6 is 0 Å². The Hall–Kier alpha value is -3.16. The fourth-order valence-electron chi connectivity index (χ4n) is 4.10. The molecule has 0 aromatic heterocycles. The van der Waals surface area contributed by atoms with Gasteiger partial charge in [-0.05, 0) is 43.0 Å². The SMILES string of the molecule is C/C=C/CCC1COC(c2ccc(-c3ccc(-c4ccc(OC)c(F)c4F)cc3)c(F)c2F)OC1. The van der Waals surface area contributed by atoms with Crippen LogP contribution in [0.4, 0.5) is 17.6 Å². The number of hydrogen-bond donors (Lipinski definition) is 0. The van der Waals surface area contributed by atoms with E-state index in [0.29, 0.717) is 24.3 Å². The standard InChI is InChI=1S/C28H26F4O3/c1-3-4-5-6-17-15-34-28(35-16-17)22-12-11-20(24(29)26(22)31)18-7-9-19(10-8-18)21-13-14-23(33-2)27(32)25(21)30/h3-4,7-14,17,28H,5-6,15-16H2,1-2H3/b4-3+. The van der Waals surface area contributed by atoms with Gasteiger partial charge in [-0.25, -0.2) is 13.2 Å². The summed E-state index contributed by atoms with van der Waals surface area (Å²) < 4.78 is 74.5. The third-order valence-electron chi connectivity index (χ3n) is 6.08. The largest absolute Gasteiger partial charge is 0.494 e. The van der Waals surface area contributed by atoms with Crippen molar-refractivity contribution < 1.29 is 31.8 Å². The Balaban J connectivity index is 1.51. The summed E-state index contributed by atoms with van der Waals surface area (Å²) in [5.41, 5.74) is 0.858. The van der Waals surface area contributed by atoms with Gasteiger partial charge in [-0.2, -0.15) is 4.39 Å². The molecule has 1 fully saturated rings. The van der Waals surface area contributed by atoms with Crippen LogP contribution in [0.2, 0.25) is 0 Å². The Labute approximate surface area is 202 Å². The van der Waals surface area contributed by atoms with Crippen LogP contribution in [0, 0.1) is 29.2 Å². The van der Waals surface area contributed by atoms with E-state index in [2.05, 4.69) is 6.08 Å². The van der Waals surface area contributed by atoms with Gasteiger partial charge in [-0.3, -0.25) is 0 Å². The molecule has 1 aliphatic rings. The number of methoxy groups -OCH3 is 1. The van der Waals surface area contributed by atoms with E-state index in [4.69, 9.17) is 14.2 Å². The first kappa shape index (κ1) is 24.9. The summed E-state index contributed by atoms with van der Waals surface area (Å²) in [6.45, 7) is 2.78. The summed E-state index contributed by atoms with van der Waals surface area (Å²) in [4.78, 5) is 0. The normalized spacial score (nSPS) is 18.2. The van der Waals surface area contributed by atoms with Gasteiger partial charge in [0.15, 0.2) is 29.5 Å². The van der Waals surface area contributed by atoms with Crippen LogP contribution in [0.25, 0.3) is 22.3 Å². The van der Waals surface area contributed by atoms with Gasteiger partial charge in [0.1, 0.15) is 0 Å². The van der Waals surface area contributed by atoms with Crippen LogP contribution in [-0.4, -0.2) is 20.3 Å². The molecule has 3 nitrogen and oxygen atoms in total. The van der Waals surface area contributed by atoms with Gasteiger partial charge in [0.2, 0.25) is 5.82 Å². The van der Waals surface area contributed by atoms with Gasteiger partial charge in [0.25, 0.3) is 0 Å². The maximum absolute atomic E-state index is 15.0. The van der Waals surface area contributed by atoms with Crippen molar-refractivity contribution in [2.45, 2.75) is 26.1 Å². The predicted octanol–water partition coefficient (Wildman–Crippen LogP) is 7.60. The Morgan fingerprint density at radius 2 is 1.37 bits per heavy atom. The lowest BCUT2D eigenvalue weighted by molar-refractivity contribution is -0.207. The topological polar surface area (TPSA) is 27.7 Å². The van der Waals surface area contributed by atoms with Gasteiger partial charge in [0.05, 0.1) is 20.3 Å². The number of allylic oxidation sites excluding steroid dienone is 2. The molecule has 0 amide bonds. The zero-order valence-electron chi connectivity index (χ0n) is 19.5. The molecule has 0 unspecified atom stereocenters. The molecule has 1 aliphatic heterocycles. The molecule has 35 heavy (non-hydrogen) atoms. The van der Waals surface area contributed by atoms with Gasteiger partial charge in [0, 0.05) is 22.6 Å². The van der Waals surface area contributed by atoms with Gasteiger partial charge >= 0.3 is 0 Å². The first-order valence-electron chi connectivity index (χ1n) is 11.4. The molecule has 184 valence electrons. The lowest BCUT2D eigenvalue weighted by Crippen LogP contribution is -2.27. The molecule has 0 radical (unpaired) electrons. The van der Waals surface area contributed by atoms with Crippen LogP contribution in [0.1, 0.15) is 31.6 Å². The van der Waals surface area contributed by atoms with E-state index < -0.39 is 29.6 Å². The summed E-state index contributed by atoms with van der Waals surface area (Å²) in [6, 6.07) is 11.7. The van der Waals surface area contributed by atoms with Crippen molar-refractivity contribution in [2.75, 3.05) is 20.3 Å². The van der Waals surface area contributed by atoms with E-state index in [1.165, 1.54) is 55.6 Å². The second kappa shape index (κ2) is 11.1.